The van der Waals surface area contributed by atoms with Crippen molar-refractivity contribution < 1.29 is 9.90 Å². The molecule has 0 aromatic carbocycles. The largest absolute Gasteiger partial charge is 0.481 e. The van der Waals surface area contributed by atoms with Crippen LogP contribution < -0.4 is 0 Å². The monoisotopic (exact) mass is 200 g/mol. The molecule has 2 nitrogen and oxygen atoms in total. The van der Waals surface area contributed by atoms with Gasteiger partial charge < -0.3 is 5.11 Å². The first-order valence-corrected chi connectivity index (χ1v) is 5.95. The van der Waals surface area contributed by atoms with Gasteiger partial charge in [0.1, 0.15) is 0 Å². The van der Waals surface area contributed by atoms with Crippen LogP contribution in [0.5, 0.6) is 0 Å². The van der Waals surface area contributed by atoms with Crippen LogP contribution in [0.2, 0.25) is 0 Å². The van der Waals surface area contributed by atoms with Crippen molar-refractivity contribution in [2.45, 2.75) is 65.2 Å². The van der Waals surface area contributed by atoms with Crippen molar-refractivity contribution in [1.29, 1.82) is 0 Å². The van der Waals surface area contributed by atoms with Crippen LogP contribution in [0.25, 0.3) is 0 Å². The van der Waals surface area contributed by atoms with Crippen LogP contribution in [-0.2, 0) is 4.79 Å². The van der Waals surface area contributed by atoms with Crippen LogP contribution in [0.15, 0.2) is 0 Å². The summed E-state index contributed by atoms with van der Waals surface area (Å²) in [7, 11) is 0. The van der Waals surface area contributed by atoms with Crippen molar-refractivity contribution >= 4 is 5.97 Å². The molecule has 0 bridgehead atoms. The third-order valence-corrected chi connectivity index (χ3v) is 2.66. The summed E-state index contributed by atoms with van der Waals surface area (Å²) < 4.78 is 0. The third kappa shape index (κ3) is 6.93. The minimum absolute atomic E-state index is 0.0185. The second-order valence-electron chi connectivity index (χ2n) is 4.03. The number of carboxylic acid groups (broad SMARTS) is 1. The Labute approximate surface area is 87.7 Å². The van der Waals surface area contributed by atoms with Gasteiger partial charge in [0, 0.05) is 0 Å². The average molecular weight is 200 g/mol. The predicted octanol–water partition coefficient (Wildman–Crippen LogP) is 3.85. The zero-order valence-electron chi connectivity index (χ0n) is 9.59. The van der Waals surface area contributed by atoms with E-state index in [1.165, 1.54) is 25.7 Å². The van der Waals surface area contributed by atoms with Gasteiger partial charge in [0.2, 0.25) is 0 Å². The first-order chi connectivity index (χ1) is 6.72. The Kier molecular flexibility index (Phi) is 8.70. The molecule has 1 aliphatic carbocycles. The Morgan fingerprint density at radius 2 is 1.57 bits per heavy atom. The molecule has 0 heterocycles. The summed E-state index contributed by atoms with van der Waals surface area (Å²) in [5.41, 5.74) is 0. The van der Waals surface area contributed by atoms with Gasteiger partial charge in [-0.05, 0) is 12.8 Å². The highest BCUT2D eigenvalue weighted by molar-refractivity contribution is 5.70. The van der Waals surface area contributed by atoms with Gasteiger partial charge in [0.25, 0.3) is 0 Å². The smallest absolute Gasteiger partial charge is 0.306 e. The van der Waals surface area contributed by atoms with E-state index in [-0.39, 0.29) is 5.92 Å². The molecule has 2 heteroatoms. The Morgan fingerprint density at radius 1 is 1.14 bits per heavy atom. The highest BCUT2D eigenvalue weighted by Gasteiger charge is 2.20. The lowest BCUT2D eigenvalue weighted by molar-refractivity contribution is -0.141. The second-order valence-corrected chi connectivity index (χ2v) is 4.03. The molecular weight excluding hydrogens is 176 g/mol. The molecule has 0 amide bonds. The summed E-state index contributed by atoms with van der Waals surface area (Å²) in [6, 6.07) is 0. The van der Waals surface area contributed by atoms with Crippen LogP contribution in [0.1, 0.15) is 65.2 Å². The fourth-order valence-corrected chi connectivity index (χ4v) is 1.67. The minimum atomic E-state index is -0.609. The van der Waals surface area contributed by atoms with Crippen LogP contribution in [0, 0.1) is 5.92 Å². The predicted molar refractivity (Wildman–Crippen MR) is 59.4 cm³/mol. The van der Waals surface area contributed by atoms with Crippen molar-refractivity contribution in [3.63, 3.8) is 0 Å². The summed E-state index contributed by atoms with van der Waals surface area (Å²) in [5.74, 6) is -0.627. The van der Waals surface area contributed by atoms with Crippen molar-refractivity contribution in [2.24, 2.45) is 5.92 Å². The highest BCUT2D eigenvalue weighted by Crippen LogP contribution is 2.24. The molecule has 1 fully saturated rings. The van der Waals surface area contributed by atoms with Gasteiger partial charge in [-0.2, -0.15) is 0 Å². The van der Waals surface area contributed by atoms with Gasteiger partial charge in [-0.25, -0.2) is 0 Å². The molecule has 84 valence electrons. The maximum Gasteiger partial charge on any atom is 0.306 e. The van der Waals surface area contributed by atoms with Crippen molar-refractivity contribution in [2.75, 3.05) is 0 Å². The minimum Gasteiger partial charge on any atom is -0.481 e. The van der Waals surface area contributed by atoms with Gasteiger partial charge in [0.05, 0.1) is 5.92 Å². The standard InChI is InChI=1S/C6H10O2.C6H14/c7-6(8)5-3-1-2-4-5;1-3-5-6-4-2/h5H,1-4H2,(H,7,8);3-6H2,1-2H3. The Morgan fingerprint density at radius 3 is 1.79 bits per heavy atom. The molecule has 0 aromatic rings. The summed E-state index contributed by atoms with van der Waals surface area (Å²) in [5, 5.41) is 8.41. The van der Waals surface area contributed by atoms with E-state index < -0.39 is 5.97 Å². The lowest BCUT2D eigenvalue weighted by atomic mass is 10.1. The number of hydrogen-bond donors (Lipinski definition) is 1. The van der Waals surface area contributed by atoms with Gasteiger partial charge in [-0.15, -0.1) is 0 Å². The first-order valence-electron chi connectivity index (χ1n) is 5.95. The molecule has 1 N–H and O–H groups in total. The average Bonchev–Trinajstić information content (AvgIpc) is 2.68. The fraction of sp³-hybridized carbons (Fsp3) is 0.917. The number of unbranched alkanes of at least 4 members (excludes halogenated alkanes) is 3. The second kappa shape index (κ2) is 9.04. The summed E-state index contributed by atoms with van der Waals surface area (Å²) in [6.07, 6.45) is 9.55. The van der Waals surface area contributed by atoms with Crippen LogP contribution in [-0.4, -0.2) is 11.1 Å². The molecule has 0 aliphatic heterocycles. The molecular formula is C12H24O2. The van der Waals surface area contributed by atoms with Crippen LogP contribution >= 0.6 is 0 Å². The molecule has 0 radical (unpaired) electrons. The van der Waals surface area contributed by atoms with E-state index in [1.54, 1.807) is 0 Å². The lowest BCUT2D eigenvalue weighted by Crippen LogP contribution is -2.07. The van der Waals surface area contributed by atoms with Crippen molar-refractivity contribution in [3.05, 3.63) is 0 Å². The molecule has 1 rings (SSSR count). The number of carboxylic acids is 1. The summed E-state index contributed by atoms with van der Waals surface area (Å²) in [4.78, 5) is 10.2. The Hall–Kier alpha value is -0.530. The topological polar surface area (TPSA) is 37.3 Å². The maximum absolute atomic E-state index is 10.2. The highest BCUT2D eigenvalue weighted by atomic mass is 16.4. The maximum atomic E-state index is 10.2. The Balaban J connectivity index is 0.000000255. The molecule has 1 aliphatic rings. The molecule has 14 heavy (non-hydrogen) atoms. The first kappa shape index (κ1) is 13.5. The lowest BCUT2D eigenvalue weighted by Gasteiger charge is -1.97. The number of rotatable bonds is 4. The fourth-order valence-electron chi connectivity index (χ4n) is 1.67. The molecule has 0 unspecified atom stereocenters. The van der Waals surface area contributed by atoms with E-state index in [0.717, 1.165) is 25.7 Å². The zero-order chi connectivity index (χ0) is 10.8. The zero-order valence-corrected chi connectivity index (χ0v) is 9.59. The molecule has 1 saturated carbocycles. The van der Waals surface area contributed by atoms with Gasteiger partial charge in [0.15, 0.2) is 0 Å². The van der Waals surface area contributed by atoms with E-state index in [4.69, 9.17) is 5.11 Å². The number of carbonyl (C=O) groups is 1. The number of aliphatic carboxylic acids is 1. The van der Waals surface area contributed by atoms with Crippen molar-refractivity contribution in [1.82, 2.24) is 0 Å². The van der Waals surface area contributed by atoms with Crippen LogP contribution in [0.3, 0.4) is 0 Å². The van der Waals surface area contributed by atoms with E-state index in [0.29, 0.717) is 0 Å². The molecule has 0 atom stereocenters. The van der Waals surface area contributed by atoms with E-state index in [2.05, 4.69) is 13.8 Å². The third-order valence-electron chi connectivity index (χ3n) is 2.66. The van der Waals surface area contributed by atoms with Gasteiger partial charge >= 0.3 is 5.97 Å². The van der Waals surface area contributed by atoms with E-state index >= 15 is 0 Å². The van der Waals surface area contributed by atoms with E-state index in [1.807, 2.05) is 0 Å². The SMILES string of the molecule is CCCCCC.O=C(O)C1CCCC1. The molecule has 0 spiro atoms. The van der Waals surface area contributed by atoms with Gasteiger partial charge in [-0.3, -0.25) is 4.79 Å². The molecule has 0 saturated heterocycles. The summed E-state index contributed by atoms with van der Waals surface area (Å²) >= 11 is 0. The summed E-state index contributed by atoms with van der Waals surface area (Å²) in [6.45, 7) is 4.46. The number of hydrogen-bond acceptors (Lipinski definition) is 1. The van der Waals surface area contributed by atoms with Crippen LogP contribution in [0.4, 0.5) is 0 Å². The Bertz CT molecular complexity index is 133. The van der Waals surface area contributed by atoms with E-state index in [9.17, 15) is 4.79 Å². The quantitative estimate of drug-likeness (QED) is 0.700. The molecule has 0 aromatic heterocycles. The normalized spacial score (nSPS) is 16.1. The van der Waals surface area contributed by atoms with Gasteiger partial charge in [-0.1, -0.05) is 52.4 Å². The van der Waals surface area contributed by atoms with Crippen molar-refractivity contribution in [3.8, 4) is 0 Å².